The van der Waals surface area contributed by atoms with Crippen LogP contribution in [0, 0.1) is 6.92 Å². The summed E-state index contributed by atoms with van der Waals surface area (Å²) in [6, 6.07) is 12.6. The van der Waals surface area contributed by atoms with Gasteiger partial charge in [-0.05, 0) is 44.5 Å². The van der Waals surface area contributed by atoms with Crippen LogP contribution in [0.3, 0.4) is 0 Å². The van der Waals surface area contributed by atoms with Gasteiger partial charge in [-0.3, -0.25) is 5.32 Å². The second kappa shape index (κ2) is 6.24. The zero-order chi connectivity index (χ0) is 17.3. The van der Waals surface area contributed by atoms with Crippen molar-refractivity contribution in [1.29, 1.82) is 0 Å². The Balaban J connectivity index is 1.80. The Hall–Kier alpha value is -2.40. The summed E-state index contributed by atoms with van der Waals surface area (Å²) in [6.07, 6.45) is -0.489. The smallest absolute Gasteiger partial charge is 0.413 e. The van der Waals surface area contributed by atoms with Crippen molar-refractivity contribution in [3.05, 3.63) is 47.3 Å². The van der Waals surface area contributed by atoms with Crippen molar-refractivity contribution >= 4 is 33.3 Å². The Bertz CT molecular complexity index is 894. The number of aromatic nitrogens is 1. The van der Waals surface area contributed by atoms with Crippen molar-refractivity contribution in [1.82, 2.24) is 4.98 Å². The van der Waals surface area contributed by atoms with Gasteiger partial charge in [0.2, 0.25) is 0 Å². The third kappa shape index (κ3) is 3.92. The topological polar surface area (TPSA) is 51.2 Å². The first-order valence-electron chi connectivity index (χ1n) is 7.76. The summed E-state index contributed by atoms with van der Waals surface area (Å²) in [5.41, 5.74) is 2.59. The van der Waals surface area contributed by atoms with Gasteiger partial charge in [0.05, 0.1) is 5.69 Å². The quantitative estimate of drug-likeness (QED) is 0.659. The molecule has 1 aromatic heterocycles. The van der Waals surface area contributed by atoms with Gasteiger partial charge in [-0.15, -0.1) is 11.3 Å². The van der Waals surface area contributed by atoms with Gasteiger partial charge in [0.1, 0.15) is 5.60 Å². The molecule has 3 rings (SSSR count). The van der Waals surface area contributed by atoms with Crippen molar-refractivity contribution in [3.8, 4) is 11.3 Å². The highest BCUT2D eigenvalue weighted by Gasteiger charge is 2.17. The summed E-state index contributed by atoms with van der Waals surface area (Å²) < 4.78 is 5.24. The van der Waals surface area contributed by atoms with Gasteiger partial charge in [0.15, 0.2) is 5.13 Å². The Morgan fingerprint density at radius 1 is 1.12 bits per heavy atom. The lowest BCUT2D eigenvalue weighted by molar-refractivity contribution is 0.0636. The molecule has 0 unspecified atom stereocenters. The summed E-state index contributed by atoms with van der Waals surface area (Å²) in [4.78, 5) is 16.3. The number of benzene rings is 2. The first-order chi connectivity index (χ1) is 11.3. The number of hydrogen-bond acceptors (Lipinski definition) is 4. The number of amides is 1. The largest absolute Gasteiger partial charge is 0.444 e. The number of hydrogen-bond donors (Lipinski definition) is 1. The van der Waals surface area contributed by atoms with Crippen LogP contribution in [0.15, 0.2) is 41.8 Å². The molecular weight excluding hydrogens is 320 g/mol. The molecule has 2 aromatic carbocycles. The van der Waals surface area contributed by atoms with Gasteiger partial charge in [-0.25, -0.2) is 9.78 Å². The number of carbonyl (C=O) groups is 1. The standard InChI is InChI=1S/C19H20N2O2S/c1-12-5-6-14-10-15(8-7-13(14)9-12)16-11-24-17(20-16)21-18(22)23-19(2,3)4/h5-11H,1-4H3,(H,20,21,22). The van der Waals surface area contributed by atoms with Gasteiger partial charge < -0.3 is 4.74 Å². The van der Waals surface area contributed by atoms with E-state index in [0.29, 0.717) is 5.13 Å². The second-order valence-electron chi connectivity index (χ2n) is 6.73. The number of nitrogens with one attached hydrogen (secondary N) is 1. The summed E-state index contributed by atoms with van der Waals surface area (Å²) in [5.74, 6) is 0. The zero-order valence-corrected chi connectivity index (χ0v) is 15.0. The Labute approximate surface area is 145 Å². The first kappa shape index (κ1) is 16.5. The van der Waals surface area contributed by atoms with Crippen LogP contribution in [0.4, 0.5) is 9.93 Å². The monoisotopic (exact) mass is 340 g/mol. The van der Waals surface area contributed by atoms with Crippen LogP contribution in [0.1, 0.15) is 26.3 Å². The predicted molar refractivity (Wildman–Crippen MR) is 99.6 cm³/mol. The molecule has 24 heavy (non-hydrogen) atoms. The molecule has 0 saturated heterocycles. The van der Waals surface area contributed by atoms with Gasteiger partial charge in [0.25, 0.3) is 0 Å². The third-order valence-corrected chi connectivity index (χ3v) is 4.16. The molecule has 5 heteroatoms. The number of carbonyl (C=O) groups excluding carboxylic acids is 1. The number of anilines is 1. The molecule has 0 saturated carbocycles. The number of aryl methyl sites for hydroxylation is 1. The maximum Gasteiger partial charge on any atom is 0.413 e. The summed E-state index contributed by atoms with van der Waals surface area (Å²) in [7, 11) is 0. The van der Waals surface area contributed by atoms with E-state index in [9.17, 15) is 4.79 Å². The minimum Gasteiger partial charge on any atom is -0.444 e. The molecule has 4 nitrogen and oxygen atoms in total. The maximum atomic E-state index is 11.8. The predicted octanol–water partition coefficient (Wildman–Crippen LogP) is 5.62. The molecule has 0 spiro atoms. The fraction of sp³-hybridized carbons (Fsp3) is 0.263. The second-order valence-corrected chi connectivity index (χ2v) is 7.59. The molecule has 124 valence electrons. The van der Waals surface area contributed by atoms with Gasteiger partial charge in [-0.1, -0.05) is 35.9 Å². The van der Waals surface area contributed by atoms with Crippen LogP contribution in [-0.4, -0.2) is 16.7 Å². The average Bonchev–Trinajstić information content (AvgIpc) is 2.93. The molecule has 0 radical (unpaired) electrons. The van der Waals surface area contributed by atoms with E-state index in [1.165, 1.54) is 27.7 Å². The Morgan fingerprint density at radius 2 is 1.83 bits per heavy atom. The van der Waals surface area contributed by atoms with Crippen LogP contribution in [0.2, 0.25) is 0 Å². The van der Waals surface area contributed by atoms with E-state index in [0.717, 1.165) is 11.3 Å². The van der Waals surface area contributed by atoms with E-state index in [2.05, 4.69) is 47.6 Å². The summed E-state index contributed by atoms with van der Waals surface area (Å²) in [6.45, 7) is 7.58. The van der Waals surface area contributed by atoms with E-state index in [1.54, 1.807) is 0 Å². The van der Waals surface area contributed by atoms with Gasteiger partial charge >= 0.3 is 6.09 Å². The van der Waals surface area contributed by atoms with Crippen LogP contribution in [-0.2, 0) is 4.74 Å². The van der Waals surface area contributed by atoms with Crippen LogP contribution in [0.25, 0.3) is 22.0 Å². The summed E-state index contributed by atoms with van der Waals surface area (Å²) >= 11 is 1.38. The molecule has 0 atom stereocenters. The average molecular weight is 340 g/mol. The Morgan fingerprint density at radius 3 is 2.58 bits per heavy atom. The highest BCUT2D eigenvalue weighted by Crippen LogP contribution is 2.28. The van der Waals surface area contributed by atoms with Gasteiger partial charge in [0, 0.05) is 10.9 Å². The van der Waals surface area contributed by atoms with E-state index >= 15 is 0 Å². The van der Waals surface area contributed by atoms with Crippen LogP contribution >= 0.6 is 11.3 Å². The molecule has 0 bridgehead atoms. The molecule has 1 heterocycles. The minimum absolute atomic E-state index is 0.489. The molecule has 3 aromatic rings. The van der Waals surface area contributed by atoms with Crippen molar-refractivity contribution in [2.24, 2.45) is 0 Å². The summed E-state index contributed by atoms with van der Waals surface area (Å²) in [5, 5.41) is 7.53. The minimum atomic E-state index is -0.527. The molecule has 0 aliphatic rings. The maximum absolute atomic E-state index is 11.8. The van der Waals surface area contributed by atoms with Crippen molar-refractivity contribution in [2.75, 3.05) is 5.32 Å². The molecule has 0 fully saturated rings. The lowest BCUT2D eigenvalue weighted by Crippen LogP contribution is -2.27. The van der Waals surface area contributed by atoms with Crippen LogP contribution in [0.5, 0.6) is 0 Å². The van der Waals surface area contributed by atoms with E-state index < -0.39 is 11.7 Å². The van der Waals surface area contributed by atoms with E-state index in [1.807, 2.05) is 32.2 Å². The normalized spacial score (nSPS) is 11.5. The number of fused-ring (bicyclic) bond motifs is 1. The lowest BCUT2D eigenvalue weighted by atomic mass is 10.0. The first-order valence-corrected chi connectivity index (χ1v) is 8.64. The fourth-order valence-electron chi connectivity index (χ4n) is 2.38. The highest BCUT2D eigenvalue weighted by atomic mass is 32.1. The molecule has 1 amide bonds. The van der Waals surface area contributed by atoms with E-state index in [4.69, 9.17) is 4.74 Å². The molecule has 0 aliphatic heterocycles. The molecule has 0 aliphatic carbocycles. The molecule has 1 N–H and O–H groups in total. The number of nitrogens with zero attached hydrogens (tertiary/aromatic N) is 1. The van der Waals surface area contributed by atoms with E-state index in [-0.39, 0.29) is 0 Å². The van der Waals surface area contributed by atoms with Crippen molar-refractivity contribution < 1.29 is 9.53 Å². The zero-order valence-electron chi connectivity index (χ0n) is 14.2. The van der Waals surface area contributed by atoms with Crippen molar-refractivity contribution in [3.63, 3.8) is 0 Å². The number of thiazole rings is 1. The Kier molecular flexibility index (Phi) is 4.28. The number of rotatable bonds is 2. The highest BCUT2D eigenvalue weighted by molar-refractivity contribution is 7.14. The number of ether oxygens (including phenoxy) is 1. The van der Waals surface area contributed by atoms with Crippen molar-refractivity contribution in [2.45, 2.75) is 33.3 Å². The van der Waals surface area contributed by atoms with Crippen LogP contribution < -0.4 is 5.32 Å². The molecular formula is C19H20N2O2S. The van der Waals surface area contributed by atoms with Gasteiger partial charge in [-0.2, -0.15) is 0 Å². The lowest BCUT2D eigenvalue weighted by Gasteiger charge is -2.18. The third-order valence-electron chi connectivity index (χ3n) is 3.40. The fourth-order valence-corrected chi connectivity index (χ4v) is 3.08. The SMILES string of the molecule is Cc1ccc2cc(-c3csc(NC(=O)OC(C)(C)C)n3)ccc2c1.